The third-order valence-electron chi connectivity index (χ3n) is 2.45. The molecule has 1 amide bonds. The van der Waals surface area contributed by atoms with E-state index in [1.54, 1.807) is 6.07 Å². The summed E-state index contributed by atoms with van der Waals surface area (Å²) in [6.07, 6.45) is 0. The third kappa shape index (κ3) is 1.78. The van der Waals surface area contributed by atoms with Crippen LogP contribution in [0.3, 0.4) is 0 Å². The number of nitrogens with two attached hydrogens (primary N) is 1. The Labute approximate surface area is 99.9 Å². The molecule has 0 atom stereocenters. The van der Waals surface area contributed by atoms with Crippen LogP contribution >= 0.6 is 11.3 Å². The van der Waals surface area contributed by atoms with Crippen LogP contribution in [0, 0.1) is 6.92 Å². The maximum absolute atomic E-state index is 11.9. The summed E-state index contributed by atoms with van der Waals surface area (Å²) in [6, 6.07) is 1.71. The quantitative estimate of drug-likeness (QED) is 0.786. The molecule has 0 unspecified atom stereocenters. The van der Waals surface area contributed by atoms with E-state index >= 15 is 0 Å². The van der Waals surface area contributed by atoms with Crippen molar-refractivity contribution in [2.24, 2.45) is 12.8 Å². The number of rotatable bonds is 2. The number of aryl methyl sites for hydroxylation is 1. The molecule has 6 nitrogen and oxygen atoms in total. The normalized spacial score (nSPS) is 10.9. The highest BCUT2D eigenvalue weighted by Gasteiger charge is 2.14. The summed E-state index contributed by atoms with van der Waals surface area (Å²) in [7, 11) is 1.38. The highest BCUT2D eigenvalue weighted by atomic mass is 32.1. The van der Waals surface area contributed by atoms with Crippen molar-refractivity contribution in [1.29, 1.82) is 0 Å². The van der Waals surface area contributed by atoms with Crippen molar-refractivity contribution in [3.05, 3.63) is 31.8 Å². The van der Waals surface area contributed by atoms with Crippen LogP contribution in [-0.4, -0.2) is 15.0 Å². The van der Waals surface area contributed by atoms with E-state index < -0.39 is 11.6 Å². The number of nitrogens with zero attached hydrogens (tertiary/aromatic N) is 2. The predicted molar refractivity (Wildman–Crippen MR) is 65.3 cm³/mol. The van der Waals surface area contributed by atoms with Gasteiger partial charge in [-0.05, 0) is 13.0 Å². The zero-order chi connectivity index (χ0) is 12.7. The van der Waals surface area contributed by atoms with Crippen LogP contribution in [0.15, 0.2) is 15.7 Å². The highest BCUT2D eigenvalue weighted by molar-refractivity contribution is 7.18. The van der Waals surface area contributed by atoms with Gasteiger partial charge >= 0.3 is 5.69 Å². The van der Waals surface area contributed by atoms with Crippen LogP contribution in [0.4, 0.5) is 0 Å². The van der Waals surface area contributed by atoms with Crippen LogP contribution in [0.5, 0.6) is 0 Å². The Kier molecular flexibility index (Phi) is 2.62. The number of hydrogen-bond acceptors (Lipinski definition) is 4. The lowest BCUT2D eigenvalue weighted by atomic mass is 10.3. The van der Waals surface area contributed by atoms with Gasteiger partial charge in [0.2, 0.25) is 5.91 Å². The highest BCUT2D eigenvalue weighted by Crippen LogP contribution is 2.20. The van der Waals surface area contributed by atoms with Crippen LogP contribution in [0.2, 0.25) is 0 Å². The molecule has 90 valence electrons. The first-order valence-corrected chi connectivity index (χ1v) is 5.71. The van der Waals surface area contributed by atoms with Crippen molar-refractivity contribution in [1.82, 2.24) is 9.13 Å². The molecule has 17 heavy (non-hydrogen) atoms. The van der Waals surface area contributed by atoms with Crippen LogP contribution in [-0.2, 0) is 18.4 Å². The van der Waals surface area contributed by atoms with Crippen LogP contribution in [0.25, 0.3) is 10.2 Å². The Morgan fingerprint density at radius 3 is 2.71 bits per heavy atom. The lowest BCUT2D eigenvalue weighted by Gasteiger charge is -2.06. The molecule has 0 spiro atoms. The summed E-state index contributed by atoms with van der Waals surface area (Å²) in [6.45, 7) is 1.62. The van der Waals surface area contributed by atoms with Crippen molar-refractivity contribution in [3.63, 3.8) is 0 Å². The van der Waals surface area contributed by atoms with Crippen molar-refractivity contribution in [3.8, 4) is 0 Å². The van der Waals surface area contributed by atoms with E-state index in [2.05, 4.69) is 0 Å². The largest absolute Gasteiger partial charge is 0.368 e. The minimum atomic E-state index is -0.613. The standard InChI is InChI=1S/C10H11N3O3S/c1-5-3-6-8(15)12(2)10(16)13(4-7(11)14)9(6)17-5/h3H,4H2,1-2H3,(H2,11,14). The van der Waals surface area contributed by atoms with Crippen molar-refractivity contribution < 1.29 is 4.79 Å². The zero-order valence-electron chi connectivity index (χ0n) is 9.39. The lowest BCUT2D eigenvalue weighted by molar-refractivity contribution is -0.118. The lowest BCUT2D eigenvalue weighted by Crippen LogP contribution is -2.39. The molecule has 0 saturated carbocycles. The summed E-state index contributed by atoms with van der Waals surface area (Å²) < 4.78 is 2.22. The van der Waals surface area contributed by atoms with Gasteiger partial charge < -0.3 is 5.73 Å². The minimum Gasteiger partial charge on any atom is -0.368 e. The Morgan fingerprint density at radius 2 is 2.12 bits per heavy atom. The fourth-order valence-electron chi connectivity index (χ4n) is 1.69. The molecule has 0 fully saturated rings. The van der Waals surface area contributed by atoms with Crippen LogP contribution < -0.4 is 17.0 Å². The number of fused-ring (bicyclic) bond motifs is 1. The molecule has 2 N–H and O–H groups in total. The van der Waals surface area contributed by atoms with E-state index in [4.69, 9.17) is 5.73 Å². The van der Waals surface area contributed by atoms with E-state index in [9.17, 15) is 14.4 Å². The third-order valence-corrected chi connectivity index (χ3v) is 3.52. The predicted octanol–water partition coefficient (Wildman–Crippen LogP) is -0.445. The first-order chi connectivity index (χ1) is 7.91. The second-order valence-electron chi connectivity index (χ2n) is 3.78. The van der Waals surface area contributed by atoms with E-state index in [0.717, 1.165) is 9.44 Å². The maximum atomic E-state index is 11.9. The molecule has 0 aliphatic carbocycles. The number of hydrogen-bond donors (Lipinski definition) is 1. The van der Waals surface area contributed by atoms with Gasteiger partial charge in [0.15, 0.2) is 0 Å². The molecular formula is C10H11N3O3S. The summed E-state index contributed by atoms with van der Waals surface area (Å²) >= 11 is 1.30. The van der Waals surface area contributed by atoms with E-state index in [1.165, 1.54) is 23.0 Å². The number of amides is 1. The Bertz CT molecular complexity index is 723. The first-order valence-electron chi connectivity index (χ1n) is 4.90. The Balaban J connectivity index is 2.94. The van der Waals surface area contributed by atoms with Gasteiger partial charge in [0.05, 0.1) is 5.39 Å². The summed E-state index contributed by atoms with van der Waals surface area (Å²) in [5.74, 6) is -0.613. The number of carbonyl (C=O) groups is 1. The molecule has 0 aliphatic rings. The molecule has 2 heterocycles. The molecule has 0 saturated heterocycles. The number of primary amides is 1. The number of thiophene rings is 1. The van der Waals surface area contributed by atoms with Gasteiger partial charge in [0, 0.05) is 11.9 Å². The molecule has 0 aliphatic heterocycles. The second-order valence-corrected chi connectivity index (χ2v) is 5.01. The molecule has 0 bridgehead atoms. The Morgan fingerprint density at radius 1 is 1.47 bits per heavy atom. The number of carbonyl (C=O) groups excluding carboxylic acids is 1. The van der Waals surface area contributed by atoms with Gasteiger partial charge in [-0.3, -0.25) is 18.7 Å². The van der Waals surface area contributed by atoms with Gasteiger partial charge in [-0.1, -0.05) is 0 Å². The Hall–Kier alpha value is -1.89. The SMILES string of the molecule is Cc1cc2c(=O)n(C)c(=O)n(CC(N)=O)c2s1. The number of aromatic nitrogens is 2. The fraction of sp³-hybridized carbons (Fsp3) is 0.300. The molecule has 7 heteroatoms. The van der Waals surface area contributed by atoms with Gasteiger partial charge in [-0.2, -0.15) is 0 Å². The van der Waals surface area contributed by atoms with Crippen LogP contribution in [0.1, 0.15) is 4.88 Å². The van der Waals surface area contributed by atoms with Gasteiger partial charge in [0.25, 0.3) is 5.56 Å². The van der Waals surface area contributed by atoms with Gasteiger partial charge in [-0.25, -0.2) is 4.79 Å². The summed E-state index contributed by atoms with van der Waals surface area (Å²) in [5, 5.41) is 0.441. The first kappa shape index (κ1) is 11.6. The van der Waals surface area contributed by atoms with E-state index in [-0.39, 0.29) is 12.1 Å². The van der Waals surface area contributed by atoms with Crippen molar-refractivity contribution >= 4 is 27.5 Å². The molecule has 0 aromatic carbocycles. The fourth-order valence-corrected chi connectivity index (χ4v) is 2.68. The topological polar surface area (TPSA) is 87.1 Å². The molecule has 0 radical (unpaired) electrons. The van der Waals surface area contributed by atoms with Gasteiger partial charge in [0.1, 0.15) is 11.4 Å². The average molecular weight is 253 g/mol. The van der Waals surface area contributed by atoms with Crippen molar-refractivity contribution in [2.45, 2.75) is 13.5 Å². The van der Waals surface area contributed by atoms with E-state index in [0.29, 0.717) is 10.2 Å². The van der Waals surface area contributed by atoms with E-state index in [1.807, 2.05) is 6.92 Å². The van der Waals surface area contributed by atoms with Gasteiger partial charge in [-0.15, -0.1) is 11.3 Å². The molecule has 2 aromatic rings. The average Bonchev–Trinajstić information content (AvgIpc) is 2.63. The summed E-state index contributed by atoms with van der Waals surface area (Å²) in [4.78, 5) is 36.1. The minimum absolute atomic E-state index is 0.219. The second kappa shape index (κ2) is 3.85. The molecular weight excluding hydrogens is 242 g/mol. The smallest absolute Gasteiger partial charge is 0.332 e. The molecule has 2 aromatic heterocycles. The molecule has 2 rings (SSSR count). The van der Waals surface area contributed by atoms with Crippen molar-refractivity contribution in [2.75, 3.05) is 0 Å². The summed E-state index contributed by atoms with van der Waals surface area (Å²) in [5.41, 5.74) is 4.22. The maximum Gasteiger partial charge on any atom is 0.332 e. The zero-order valence-corrected chi connectivity index (χ0v) is 10.2. The monoisotopic (exact) mass is 253 g/mol.